The van der Waals surface area contributed by atoms with Crippen LogP contribution in [0.15, 0.2) is 48.6 Å². The second-order valence-electron chi connectivity index (χ2n) is 8.79. The monoisotopic (exact) mass is 394 g/mol. The SMILES string of the molecule is CCC1(C)C=CC=CC1N1CCN(CCN2c3ccccc3C(=O)NC2C)CC1. The molecule has 2 heterocycles. The third-order valence-corrected chi connectivity index (χ3v) is 7.04. The lowest BCUT2D eigenvalue weighted by atomic mass is 9.76. The van der Waals surface area contributed by atoms with Crippen LogP contribution in [0, 0.1) is 5.41 Å². The summed E-state index contributed by atoms with van der Waals surface area (Å²) >= 11 is 0. The molecule has 3 aliphatic rings. The highest BCUT2D eigenvalue weighted by Crippen LogP contribution is 2.35. The molecule has 0 saturated carbocycles. The Morgan fingerprint density at radius 2 is 1.86 bits per heavy atom. The topological polar surface area (TPSA) is 38.8 Å². The van der Waals surface area contributed by atoms with Crippen LogP contribution in [0.4, 0.5) is 5.69 Å². The fraction of sp³-hybridized carbons (Fsp3) is 0.542. The minimum atomic E-state index is 0.0307. The van der Waals surface area contributed by atoms with Gasteiger partial charge in [-0.25, -0.2) is 0 Å². The highest BCUT2D eigenvalue weighted by molar-refractivity contribution is 6.01. The summed E-state index contributed by atoms with van der Waals surface area (Å²) in [5, 5.41) is 3.08. The summed E-state index contributed by atoms with van der Waals surface area (Å²) in [6.45, 7) is 13.1. The third kappa shape index (κ3) is 3.99. The number of anilines is 1. The summed E-state index contributed by atoms with van der Waals surface area (Å²) in [4.78, 5) is 19.8. The molecule has 1 fully saturated rings. The molecule has 5 heteroatoms. The van der Waals surface area contributed by atoms with E-state index in [1.165, 1.54) is 0 Å². The van der Waals surface area contributed by atoms with Gasteiger partial charge in [-0.05, 0) is 25.5 Å². The Kier molecular flexibility index (Phi) is 5.79. The van der Waals surface area contributed by atoms with E-state index >= 15 is 0 Å². The zero-order valence-corrected chi connectivity index (χ0v) is 18.0. The second-order valence-corrected chi connectivity index (χ2v) is 8.79. The molecule has 0 radical (unpaired) electrons. The van der Waals surface area contributed by atoms with Crippen molar-refractivity contribution in [1.29, 1.82) is 0 Å². The van der Waals surface area contributed by atoms with Gasteiger partial charge in [-0.1, -0.05) is 50.3 Å². The smallest absolute Gasteiger partial charge is 0.254 e. The molecule has 0 aromatic heterocycles. The van der Waals surface area contributed by atoms with Gasteiger partial charge in [0.15, 0.2) is 0 Å². The van der Waals surface area contributed by atoms with Gasteiger partial charge in [0.1, 0.15) is 0 Å². The van der Waals surface area contributed by atoms with Crippen molar-refractivity contribution < 1.29 is 4.79 Å². The minimum Gasteiger partial charge on any atom is -0.350 e. The number of amides is 1. The van der Waals surface area contributed by atoms with Gasteiger partial charge in [0.2, 0.25) is 0 Å². The van der Waals surface area contributed by atoms with Crippen molar-refractivity contribution >= 4 is 11.6 Å². The average molecular weight is 395 g/mol. The maximum absolute atomic E-state index is 12.2. The second kappa shape index (κ2) is 8.33. The van der Waals surface area contributed by atoms with Crippen LogP contribution in [0.25, 0.3) is 0 Å². The molecule has 0 bridgehead atoms. The lowest BCUT2D eigenvalue weighted by molar-refractivity contribution is 0.0706. The fourth-order valence-corrected chi connectivity index (χ4v) is 4.93. The summed E-state index contributed by atoms with van der Waals surface area (Å²) < 4.78 is 0. The van der Waals surface area contributed by atoms with Crippen LogP contribution in [-0.4, -0.2) is 67.2 Å². The van der Waals surface area contributed by atoms with E-state index in [2.05, 4.69) is 71.2 Å². The molecule has 1 aliphatic carbocycles. The van der Waals surface area contributed by atoms with Gasteiger partial charge in [0.05, 0.1) is 17.4 Å². The molecule has 1 saturated heterocycles. The maximum atomic E-state index is 12.2. The van der Waals surface area contributed by atoms with E-state index in [1.807, 2.05) is 18.2 Å². The van der Waals surface area contributed by atoms with Crippen molar-refractivity contribution in [2.45, 2.75) is 39.4 Å². The number of rotatable bonds is 5. The van der Waals surface area contributed by atoms with Gasteiger partial charge in [-0.2, -0.15) is 0 Å². The standard InChI is InChI=1S/C24H34N4O/c1-4-24(3)12-8-7-11-22(24)27-16-13-26(14-17-27)15-18-28-19(2)25-23(29)20-9-5-6-10-21(20)28/h5-12,19,22H,4,13-18H2,1-3H3,(H,25,29). The Labute approximate surface area is 175 Å². The number of carbonyl (C=O) groups excluding carboxylic acids is 1. The van der Waals surface area contributed by atoms with E-state index in [0.717, 1.165) is 56.9 Å². The van der Waals surface area contributed by atoms with Crippen LogP contribution in [0.1, 0.15) is 37.6 Å². The molecule has 1 N–H and O–H groups in total. The van der Waals surface area contributed by atoms with Gasteiger partial charge in [0, 0.05) is 50.7 Å². The number of nitrogens with zero attached hydrogens (tertiary/aromatic N) is 3. The van der Waals surface area contributed by atoms with Gasteiger partial charge in [-0.3, -0.25) is 14.6 Å². The summed E-state index contributed by atoms with van der Waals surface area (Å²) in [5.74, 6) is 0.0338. The molecular formula is C24H34N4O. The quantitative estimate of drug-likeness (QED) is 0.833. The first-order valence-electron chi connectivity index (χ1n) is 11.0. The molecule has 0 spiro atoms. The molecule has 1 amide bonds. The van der Waals surface area contributed by atoms with Gasteiger partial charge in [-0.15, -0.1) is 0 Å². The van der Waals surface area contributed by atoms with Crippen molar-refractivity contribution in [3.8, 4) is 0 Å². The van der Waals surface area contributed by atoms with Crippen molar-refractivity contribution in [3.63, 3.8) is 0 Å². The van der Waals surface area contributed by atoms with Crippen molar-refractivity contribution in [2.24, 2.45) is 5.41 Å². The predicted octanol–water partition coefficient (Wildman–Crippen LogP) is 3.11. The van der Waals surface area contributed by atoms with E-state index in [9.17, 15) is 4.79 Å². The molecule has 156 valence electrons. The first-order chi connectivity index (χ1) is 14.0. The number of nitrogens with one attached hydrogen (secondary N) is 1. The molecule has 5 nitrogen and oxygen atoms in total. The summed E-state index contributed by atoms with van der Waals surface area (Å²) in [7, 11) is 0. The largest absolute Gasteiger partial charge is 0.350 e. The summed E-state index contributed by atoms with van der Waals surface area (Å²) in [5.41, 5.74) is 2.08. The van der Waals surface area contributed by atoms with E-state index in [4.69, 9.17) is 0 Å². The number of carbonyl (C=O) groups is 1. The summed E-state index contributed by atoms with van der Waals surface area (Å²) in [6, 6.07) is 8.44. The molecule has 2 aliphatic heterocycles. The molecule has 3 unspecified atom stereocenters. The van der Waals surface area contributed by atoms with Crippen LogP contribution in [0.5, 0.6) is 0 Å². The van der Waals surface area contributed by atoms with E-state index in [0.29, 0.717) is 6.04 Å². The van der Waals surface area contributed by atoms with Crippen LogP contribution in [0.2, 0.25) is 0 Å². The van der Waals surface area contributed by atoms with E-state index in [1.54, 1.807) is 0 Å². The number of allylic oxidation sites excluding steroid dienone is 2. The van der Waals surface area contributed by atoms with Crippen molar-refractivity contribution in [3.05, 3.63) is 54.1 Å². The van der Waals surface area contributed by atoms with Crippen LogP contribution < -0.4 is 10.2 Å². The normalized spacial score (nSPS) is 30.3. The Morgan fingerprint density at radius 1 is 1.10 bits per heavy atom. The van der Waals surface area contributed by atoms with Gasteiger partial charge < -0.3 is 10.2 Å². The first kappa shape index (κ1) is 20.2. The summed E-state index contributed by atoms with van der Waals surface area (Å²) in [6.07, 6.45) is 10.4. The first-order valence-corrected chi connectivity index (χ1v) is 11.0. The lowest BCUT2D eigenvalue weighted by Gasteiger charge is -2.46. The van der Waals surface area contributed by atoms with E-state index in [-0.39, 0.29) is 17.5 Å². The van der Waals surface area contributed by atoms with Gasteiger partial charge >= 0.3 is 0 Å². The van der Waals surface area contributed by atoms with E-state index < -0.39 is 0 Å². The van der Waals surface area contributed by atoms with Crippen molar-refractivity contribution in [1.82, 2.24) is 15.1 Å². The Hall–Kier alpha value is -2.11. The van der Waals surface area contributed by atoms with Crippen LogP contribution in [0.3, 0.4) is 0 Å². The fourth-order valence-electron chi connectivity index (χ4n) is 4.93. The Morgan fingerprint density at radius 3 is 2.62 bits per heavy atom. The zero-order valence-electron chi connectivity index (χ0n) is 18.0. The number of piperazine rings is 1. The average Bonchev–Trinajstić information content (AvgIpc) is 2.74. The lowest BCUT2D eigenvalue weighted by Crippen LogP contribution is -2.56. The molecular weight excluding hydrogens is 360 g/mol. The minimum absolute atomic E-state index is 0.0307. The van der Waals surface area contributed by atoms with Crippen molar-refractivity contribution in [2.75, 3.05) is 44.2 Å². The zero-order chi connectivity index (χ0) is 20.4. The molecule has 29 heavy (non-hydrogen) atoms. The number of hydrogen-bond acceptors (Lipinski definition) is 4. The predicted molar refractivity (Wildman–Crippen MR) is 119 cm³/mol. The number of fused-ring (bicyclic) bond motifs is 1. The Bertz CT molecular complexity index is 796. The highest BCUT2D eigenvalue weighted by atomic mass is 16.2. The third-order valence-electron chi connectivity index (χ3n) is 7.04. The maximum Gasteiger partial charge on any atom is 0.254 e. The molecule has 1 aromatic carbocycles. The van der Waals surface area contributed by atoms with Crippen LogP contribution >= 0.6 is 0 Å². The molecule has 1 aromatic rings. The molecule has 4 rings (SSSR count). The number of para-hydroxylation sites is 1. The number of benzene rings is 1. The van der Waals surface area contributed by atoms with Gasteiger partial charge in [0.25, 0.3) is 5.91 Å². The Balaban J connectivity index is 1.34. The number of hydrogen-bond donors (Lipinski definition) is 1. The highest BCUT2D eigenvalue weighted by Gasteiger charge is 2.35. The van der Waals surface area contributed by atoms with Crippen LogP contribution in [-0.2, 0) is 0 Å². The molecule has 3 atom stereocenters.